The zero-order valence-corrected chi connectivity index (χ0v) is 10.5. The standard InChI is InChI=1S/C11H20ClN3/c1-4-10(3)15-6-5-11(14-15)8-13-9(2)7-12/h5-6,9-10,13H,4,7-8H2,1-3H3. The highest BCUT2D eigenvalue weighted by Gasteiger charge is 2.05. The summed E-state index contributed by atoms with van der Waals surface area (Å²) in [5.74, 6) is 0.631. The van der Waals surface area contributed by atoms with Gasteiger partial charge in [0.1, 0.15) is 0 Å². The van der Waals surface area contributed by atoms with E-state index in [1.54, 1.807) is 0 Å². The van der Waals surface area contributed by atoms with Gasteiger partial charge < -0.3 is 5.32 Å². The predicted molar refractivity (Wildman–Crippen MR) is 64.3 cm³/mol. The second kappa shape index (κ2) is 6.13. The molecule has 0 aliphatic rings. The third-order valence-electron chi connectivity index (χ3n) is 2.57. The summed E-state index contributed by atoms with van der Waals surface area (Å²) >= 11 is 5.71. The largest absolute Gasteiger partial charge is 0.307 e. The molecule has 0 amide bonds. The second-order valence-electron chi connectivity index (χ2n) is 3.98. The van der Waals surface area contributed by atoms with Crippen LogP contribution in [0.15, 0.2) is 12.3 Å². The summed E-state index contributed by atoms with van der Waals surface area (Å²) in [7, 11) is 0. The Morgan fingerprint density at radius 1 is 1.53 bits per heavy atom. The van der Waals surface area contributed by atoms with Crippen molar-refractivity contribution in [1.29, 1.82) is 0 Å². The molecule has 3 nitrogen and oxygen atoms in total. The Bertz CT molecular complexity index is 285. The minimum atomic E-state index is 0.334. The van der Waals surface area contributed by atoms with Crippen molar-refractivity contribution in [2.24, 2.45) is 0 Å². The molecule has 0 aliphatic heterocycles. The van der Waals surface area contributed by atoms with E-state index in [0.29, 0.717) is 18.0 Å². The quantitative estimate of drug-likeness (QED) is 0.760. The number of rotatable bonds is 6. The molecule has 1 rings (SSSR count). The first-order chi connectivity index (χ1) is 7.17. The first-order valence-corrected chi connectivity index (χ1v) is 6.04. The van der Waals surface area contributed by atoms with Crippen molar-refractivity contribution in [2.75, 3.05) is 5.88 Å². The van der Waals surface area contributed by atoms with Gasteiger partial charge in [-0.25, -0.2) is 0 Å². The molecular weight excluding hydrogens is 210 g/mol. The van der Waals surface area contributed by atoms with Gasteiger partial charge in [0.15, 0.2) is 0 Å². The van der Waals surface area contributed by atoms with E-state index in [2.05, 4.69) is 37.3 Å². The molecule has 1 aromatic rings. The van der Waals surface area contributed by atoms with Crippen molar-refractivity contribution in [2.45, 2.75) is 45.8 Å². The molecule has 86 valence electrons. The Kier molecular flexibility index (Phi) is 5.12. The van der Waals surface area contributed by atoms with Crippen molar-refractivity contribution in [3.63, 3.8) is 0 Å². The minimum absolute atomic E-state index is 0.334. The molecule has 1 heterocycles. The van der Waals surface area contributed by atoms with Crippen molar-refractivity contribution in [3.05, 3.63) is 18.0 Å². The summed E-state index contributed by atoms with van der Waals surface area (Å²) in [6, 6.07) is 2.87. The lowest BCUT2D eigenvalue weighted by atomic mass is 10.3. The van der Waals surface area contributed by atoms with Crippen molar-refractivity contribution >= 4 is 11.6 Å². The fourth-order valence-corrected chi connectivity index (χ4v) is 1.35. The van der Waals surface area contributed by atoms with Gasteiger partial charge in [0.05, 0.1) is 5.69 Å². The molecule has 4 heteroatoms. The predicted octanol–water partition coefficient (Wildman–Crippen LogP) is 2.57. The van der Waals surface area contributed by atoms with Crippen LogP contribution in [0.1, 0.15) is 38.9 Å². The van der Waals surface area contributed by atoms with Gasteiger partial charge in [0.2, 0.25) is 0 Å². The van der Waals surface area contributed by atoms with Crippen LogP contribution in [-0.4, -0.2) is 21.7 Å². The summed E-state index contributed by atoms with van der Waals surface area (Å²) in [6.45, 7) is 7.20. The second-order valence-corrected chi connectivity index (χ2v) is 4.29. The Hall–Kier alpha value is -0.540. The normalized spacial score (nSPS) is 15.2. The molecule has 0 aromatic carbocycles. The molecule has 0 spiro atoms. The van der Waals surface area contributed by atoms with Crippen LogP contribution in [0.3, 0.4) is 0 Å². The third kappa shape index (κ3) is 3.84. The van der Waals surface area contributed by atoms with Gasteiger partial charge in [-0.1, -0.05) is 6.92 Å². The van der Waals surface area contributed by atoms with Crippen LogP contribution in [0.5, 0.6) is 0 Å². The van der Waals surface area contributed by atoms with E-state index in [9.17, 15) is 0 Å². The van der Waals surface area contributed by atoms with Gasteiger partial charge in [0.25, 0.3) is 0 Å². The zero-order chi connectivity index (χ0) is 11.3. The molecule has 1 N–H and O–H groups in total. The Morgan fingerprint density at radius 3 is 2.87 bits per heavy atom. The zero-order valence-electron chi connectivity index (χ0n) is 9.70. The number of hydrogen-bond acceptors (Lipinski definition) is 2. The molecule has 2 unspecified atom stereocenters. The number of halogens is 1. The van der Waals surface area contributed by atoms with Crippen molar-refractivity contribution < 1.29 is 0 Å². The van der Waals surface area contributed by atoms with Crippen LogP contribution in [0.4, 0.5) is 0 Å². The summed E-state index contributed by atoms with van der Waals surface area (Å²) in [5, 5.41) is 7.81. The molecule has 15 heavy (non-hydrogen) atoms. The number of hydrogen-bond donors (Lipinski definition) is 1. The van der Waals surface area contributed by atoms with Crippen LogP contribution < -0.4 is 5.32 Å². The molecule has 0 fully saturated rings. The van der Waals surface area contributed by atoms with E-state index in [1.807, 2.05) is 10.9 Å². The summed E-state index contributed by atoms with van der Waals surface area (Å²) in [5.41, 5.74) is 1.08. The fraction of sp³-hybridized carbons (Fsp3) is 0.727. The summed E-state index contributed by atoms with van der Waals surface area (Å²) in [6.07, 6.45) is 3.14. The maximum atomic E-state index is 5.71. The maximum absolute atomic E-state index is 5.71. The molecule has 1 aromatic heterocycles. The van der Waals surface area contributed by atoms with E-state index in [-0.39, 0.29) is 0 Å². The number of nitrogens with one attached hydrogen (secondary N) is 1. The molecule has 0 aliphatic carbocycles. The Labute approximate surface area is 96.8 Å². The van der Waals surface area contributed by atoms with Gasteiger partial charge in [0, 0.05) is 30.7 Å². The minimum Gasteiger partial charge on any atom is -0.307 e. The number of nitrogens with zero attached hydrogens (tertiary/aromatic N) is 2. The van der Waals surface area contributed by atoms with Crippen molar-refractivity contribution in [1.82, 2.24) is 15.1 Å². The van der Waals surface area contributed by atoms with Gasteiger partial charge in [-0.15, -0.1) is 11.6 Å². The molecule has 2 atom stereocenters. The Morgan fingerprint density at radius 2 is 2.27 bits per heavy atom. The lowest BCUT2D eigenvalue weighted by Crippen LogP contribution is -2.27. The first-order valence-electron chi connectivity index (χ1n) is 5.50. The molecular formula is C11H20ClN3. The average molecular weight is 230 g/mol. The van der Waals surface area contributed by atoms with Gasteiger partial charge in [-0.05, 0) is 26.3 Å². The molecule has 0 saturated carbocycles. The average Bonchev–Trinajstić information content (AvgIpc) is 2.73. The monoisotopic (exact) mass is 229 g/mol. The van der Waals surface area contributed by atoms with Gasteiger partial charge in [-0.2, -0.15) is 5.10 Å². The van der Waals surface area contributed by atoms with Crippen LogP contribution in [0.2, 0.25) is 0 Å². The third-order valence-corrected chi connectivity index (χ3v) is 3.03. The Balaban J connectivity index is 2.46. The van der Waals surface area contributed by atoms with Gasteiger partial charge >= 0.3 is 0 Å². The highest BCUT2D eigenvalue weighted by atomic mass is 35.5. The lowest BCUT2D eigenvalue weighted by Gasteiger charge is -2.09. The van der Waals surface area contributed by atoms with E-state index in [4.69, 9.17) is 11.6 Å². The smallest absolute Gasteiger partial charge is 0.0762 e. The number of aromatic nitrogens is 2. The van der Waals surface area contributed by atoms with Crippen LogP contribution >= 0.6 is 11.6 Å². The van der Waals surface area contributed by atoms with Crippen LogP contribution in [0.25, 0.3) is 0 Å². The highest BCUT2D eigenvalue weighted by Crippen LogP contribution is 2.09. The molecule has 0 saturated heterocycles. The lowest BCUT2D eigenvalue weighted by molar-refractivity contribution is 0.469. The first kappa shape index (κ1) is 12.5. The van der Waals surface area contributed by atoms with Crippen LogP contribution in [0, 0.1) is 0 Å². The molecule has 0 radical (unpaired) electrons. The van der Waals surface area contributed by atoms with Crippen molar-refractivity contribution in [3.8, 4) is 0 Å². The topological polar surface area (TPSA) is 29.9 Å². The van der Waals surface area contributed by atoms with Gasteiger partial charge in [-0.3, -0.25) is 4.68 Å². The highest BCUT2D eigenvalue weighted by molar-refractivity contribution is 6.18. The molecule has 0 bridgehead atoms. The van der Waals surface area contributed by atoms with E-state index >= 15 is 0 Å². The van der Waals surface area contributed by atoms with Crippen LogP contribution in [-0.2, 0) is 6.54 Å². The van der Waals surface area contributed by atoms with E-state index < -0.39 is 0 Å². The van der Waals surface area contributed by atoms with E-state index in [0.717, 1.165) is 18.7 Å². The maximum Gasteiger partial charge on any atom is 0.0762 e. The fourth-order valence-electron chi connectivity index (χ4n) is 1.24. The SMILES string of the molecule is CCC(C)n1ccc(CNC(C)CCl)n1. The number of alkyl halides is 1. The van der Waals surface area contributed by atoms with E-state index in [1.165, 1.54) is 0 Å². The summed E-state index contributed by atoms with van der Waals surface area (Å²) < 4.78 is 2.02. The summed E-state index contributed by atoms with van der Waals surface area (Å²) in [4.78, 5) is 0.